The normalized spacial score (nSPS) is 11.5. The molecule has 2 aromatic carbocycles. The molecule has 8 nitrogen and oxygen atoms in total. The fraction of sp³-hybridized carbons (Fsp3) is 0.273. The number of aryl methyl sites for hydroxylation is 1. The Balaban J connectivity index is 1.53. The Morgan fingerprint density at radius 1 is 1.13 bits per heavy atom. The first-order valence-corrected chi connectivity index (χ1v) is 11.3. The molecular weight excluding hydrogens is 416 g/mol. The highest BCUT2D eigenvalue weighted by atomic mass is 32.2. The van der Waals surface area contributed by atoms with Crippen LogP contribution < -0.4 is 10.1 Å². The van der Waals surface area contributed by atoms with Crippen LogP contribution in [-0.4, -0.2) is 48.9 Å². The minimum Gasteiger partial charge on any atom is -0.497 e. The van der Waals surface area contributed by atoms with Gasteiger partial charge >= 0.3 is 0 Å². The van der Waals surface area contributed by atoms with E-state index in [0.29, 0.717) is 17.9 Å². The topological polar surface area (TPSA) is 93.5 Å². The van der Waals surface area contributed by atoms with Crippen LogP contribution in [0.3, 0.4) is 0 Å². The van der Waals surface area contributed by atoms with Crippen molar-refractivity contribution < 1.29 is 17.9 Å². The molecule has 31 heavy (non-hydrogen) atoms. The fourth-order valence-electron chi connectivity index (χ4n) is 3.02. The second kappa shape index (κ2) is 10.2. The Hall–Kier alpha value is -3.17. The van der Waals surface area contributed by atoms with Crippen LogP contribution in [0.5, 0.6) is 5.75 Å². The average Bonchev–Trinajstić information content (AvgIpc) is 3.30. The van der Waals surface area contributed by atoms with E-state index in [2.05, 4.69) is 10.3 Å². The van der Waals surface area contributed by atoms with Crippen molar-refractivity contribution in [2.45, 2.75) is 24.4 Å². The predicted octanol–water partition coefficient (Wildman–Crippen LogP) is 2.53. The number of sulfonamides is 1. The third-order valence-electron chi connectivity index (χ3n) is 4.83. The van der Waals surface area contributed by atoms with Crippen molar-refractivity contribution in [2.24, 2.45) is 0 Å². The standard InChI is InChI=1S/C22H26N4O4S/c1-25(31(28,29)21-10-8-20(30-2)9-11-21)16-18-4-6-19(7-5-18)22(27)24-12-3-14-26-15-13-23-17-26/h4-11,13,15,17H,3,12,14,16H2,1-2H3,(H,24,27). The fourth-order valence-corrected chi connectivity index (χ4v) is 4.17. The summed E-state index contributed by atoms with van der Waals surface area (Å²) in [6.07, 6.45) is 6.15. The van der Waals surface area contributed by atoms with Crippen LogP contribution >= 0.6 is 0 Å². The molecule has 0 fully saturated rings. The van der Waals surface area contributed by atoms with E-state index >= 15 is 0 Å². The summed E-state index contributed by atoms with van der Waals surface area (Å²) in [4.78, 5) is 16.5. The van der Waals surface area contributed by atoms with Crippen molar-refractivity contribution >= 4 is 15.9 Å². The first-order valence-electron chi connectivity index (χ1n) is 9.83. The quantitative estimate of drug-likeness (QED) is 0.487. The van der Waals surface area contributed by atoms with Gasteiger partial charge in [-0.25, -0.2) is 13.4 Å². The Labute approximate surface area is 182 Å². The van der Waals surface area contributed by atoms with Gasteiger partial charge in [0.25, 0.3) is 5.91 Å². The number of imidazole rings is 1. The monoisotopic (exact) mass is 442 g/mol. The molecule has 1 heterocycles. The van der Waals surface area contributed by atoms with Crippen LogP contribution in [0.2, 0.25) is 0 Å². The number of nitrogens with zero attached hydrogens (tertiary/aromatic N) is 3. The lowest BCUT2D eigenvalue weighted by atomic mass is 10.1. The van der Waals surface area contributed by atoms with Gasteiger partial charge in [-0.15, -0.1) is 0 Å². The summed E-state index contributed by atoms with van der Waals surface area (Å²) in [6.45, 7) is 1.54. The first-order chi connectivity index (χ1) is 14.9. The van der Waals surface area contributed by atoms with Gasteiger partial charge in [-0.2, -0.15) is 4.31 Å². The lowest BCUT2D eigenvalue weighted by Crippen LogP contribution is -2.27. The molecule has 0 unspecified atom stereocenters. The highest BCUT2D eigenvalue weighted by Crippen LogP contribution is 2.20. The minimum absolute atomic E-state index is 0.156. The maximum absolute atomic E-state index is 12.8. The maximum Gasteiger partial charge on any atom is 0.251 e. The van der Waals surface area contributed by atoms with Gasteiger partial charge in [-0.1, -0.05) is 12.1 Å². The zero-order chi connectivity index (χ0) is 22.3. The molecule has 1 N–H and O–H groups in total. The molecule has 0 radical (unpaired) electrons. The lowest BCUT2D eigenvalue weighted by Gasteiger charge is -2.17. The Bertz CT molecular complexity index is 1080. The molecule has 1 amide bonds. The van der Waals surface area contributed by atoms with E-state index in [0.717, 1.165) is 18.5 Å². The van der Waals surface area contributed by atoms with Crippen LogP contribution in [0.25, 0.3) is 0 Å². The van der Waals surface area contributed by atoms with Crippen molar-refractivity contribution in [1.29, 1.82) is 0 Å². The molecule has 0 aliphatic heterocycles. The molecule has 3 aromatic rings. The molecule has 0 bridgehead atoms. The molecule has 0 aliphatic rings. The van der Waals surface area contributed by atoms with Crippen molar-refractivity contribution in [2.75, 3.05) is 20.7 Å². The number of nitrogens with one attached hydrogen (secondary N) is 1. The number of aromatic nitrogens is 2. The largest absolute Gasteiger partial charge is 0.497 e. The number of carbonyl (C=O) groups excluding carboxylic acids is 1. The van der Waals surface area contributed by atoms with Gasteiger partial charge in [0.2, 0.25) is 10.0 Å². The van der Waals surface area contributed by atoms with Gasteiger partial charge in [0.05, 0.1) is 18.3 Å². The van der Waals surface area contributed by atoms with Crippen LogP contribution in [0, 0.1) is 0 Å². The molecule has 164 valence electrons. The Morgan fingerprint density at radius 3 is 2.45 bits per heavy atom. The number of benzene rings is 2. The SMILES string of the molecule is COc1ccc(S(=O)(=O)N(C)Cc2ccc(C(=O)NCCCn3ccnc3)cc2)cc1. The number of amides is 1. The van der Waals surface area contributed by atoms with E-state index in [-0.39, 0.29) is 17.3 Å². The molecule has 1 aromatic heterocycles. The van der Waals surface area contributed by atoms with Crippen molar-refractivity contribution in [1.82, 2.24) is 19.2 Å². The van der Waals surface area contributed by atoms with Crippen molar-refractivity contribution in [3.63, 3.8) is 0 Å². The smallest absolute Gasteiger partial charge is 0.251 e. The summed E-state index contributed by atoms with van der Waals surface area (Å²) in [5, 5.41) is 2.89. The molecule has 0 aliphatic carbocycles. The molecule has 0 atom stereocenters. The summed E-state index contributed by atoms with van der Waals surface area (Å²) in [7, 11) is -0.573. The summed E-state index contributed by atoms with van der Waals surface area (Å²) >= 11 is 0. The molecule has 0 spiro atoms. The number of rotatable bonds is 10. The predicted molar refractivity (Wildman–Crippen MR) is 117 cm³/mol. The third-order valence-corrected chi connectivity index (χ3v) is 6.64. The number of methoxy groups -OCH3 is 1. The average molecular weight is 443 g/mol. The van der Waals surface area contributed by atoms with Crippen LogP contribution in [-0.2, 0) is 23.1 Å². The Kier molecular flexibility index (Phi) is 7.43. The molecule has 0 saturated carbocycles. The van der Waals surface area contributed by atoms with Crippen LogP contribution in [0.4, 0.5) is 0 Å². The van der Waals surface area contributed by atoms with Gasteiger partial charge in [0.15, 0.2) is 0 Å². The summed E-state index contributed by atoms with van der Waals surface area (Å²) < 4.78 is 33.8. The highest BCUT2D eigenvalue weighted by molar-refractivity contribution is 7.89. The van der Waals surface area contributed by atoms with Crippen molar-refractivity contribution in [3.8, 4) is 5.75 Å². The second-order valence-electron chi connectivity index (χ2n) is 7.04. The van der Waals surface area contributed by atoms with Gasteiger partial charge in [-0.05, 0) is 48.4 Å². The first kappa shape index (κ1) is 22.5. The van der Waals surface area contributed by atoms with E-state index in [9.17, 15) is 13.2 Å². The van der Waals surface area contributed by atoms with E-state index in [1.165, 1.54) is 30.6 Å². The maximum atomic E-state index is 12.8. The number of ether oxygens (including phenoxy) is 1. The van der Waals surface area contributed by atoms with Gasteiger partial charge < -0.3 is 14.6 Å². The van der Waals surface area contributed by atoms with E-state index < -0.39 is 10.0 Å². The second-order valence-corrected chi connectivity index (χ2v) is 9.09. The van der Waals surface area contributed by atoms with Gasteiger partial charge in [0.1, 0.15) is 5.75 Å². The van der Waals surface area contributed by atoms with Crippen molar-refractivity contribution in [3.05, 3.63) is 78.4 Å². The third kappa shape index (κ3) is 5.93. The number of hydrogen-bond acceptors (Lipinski definition) is 5. The summed E-state index contributed by atoms with van der Waals surface area (Å²) in [6, 6.07) is 13.2. The Morgan fingerprint density at radius 2 is 1.84 bits per heavy atom. The van der Waals surface area contributed by atoms with Crippen LogP contribution in [0.15, 0.2) is 72.1 Å². The van der Waals surface area contributed by atoms with E-state index in [1.807, 2.05) is 10.8 Å². The summed E-state index contributed by atoms with van der Waals surface area (Å²) in [5.41, 5.74) is 1.32. The number of hydrogen-bond donors (Lipinski definition) is 1. The van der Waals surface area contributed by atoms with E-state index in [1.54, 1.807) is 48.9 Å². The van der Waals surface area contributed by atoms with Gasteiger partial charge in [-0.3, -0.25) is 4.79 Å². The van der Waals surface area contributed by atoms with Gasteiger partial charge in [0, 0.05) is 44.6 Å². The van der Waals surface area contributed by atoms with E-state index in [4.69, 9.17) is 4.74 Å². The minimum atomic E-state index is -3.63. The molecule has 3 rings (SSSR count). The highest BCUT2D eigenvalue weighted by Gasteiger charge is 2.21. The zero-order valence-corrected chi connectivity index (χ0v) is 18.4. The zero-order valence-electron chi connectivity index (χ0n) is 17.6. The molecule has 0 saturated heterocycles. The molecule has 9 heteroatoms. The molecular formula is C22H26N4O4S. The number of carbonyl (C=O) groups is 1. The lowest BCUT2D eigenvalue weighted by molar-refractivity contribution is 0.0952. The van der Waals surface area contributed by atoms with Crippen LogP contribution in [0.1, 0.15) is 22.3 Å². The summed E-state index contributed by atoms with van der Waals surface area (Å²) in [5.74, 6) is 0.439.